The number of anilines is 1. The van der Waals surface area contributed by atoms with Crippen LogP contribution in [0.5, 0.6) is 0 Å². The molecule has 0 saturated carbocycles. The molecule has 6 heteroatoms. The number of carbonyl (C=O) groups is 2. The lowest BCUT2D eigenvalue weighted by molar-refractivity contribution is -0.112. The SMILES string of the molecule is COC(=O)c1ccc(NC(=O)/C(C#N)=C/c2ccccc2Cc2cccc(F)c2)cc1. The number of nitrogens with one attached hydrogen (secondary N) is 1. The molecular weight excluding hydrogens is 395 g/mol. The van der Waals surface area contributed by atoms with Gasteiger partial charge in [0.1, 0.15) is 17.5 Å². The van der Waals surface area contributed by atoms with Gasteiger partial charge in [0, 0.05) is 5.69 Å². The van der Waals surface area contributed by atoms with E-state index in [4.69, 9.17) is 0 Å². The summed E-state index contributed by atoms with van der Waals surface area (Å²) in [4.78, 5) is 24.1. The fourth-order valence-electron chi connectivity index (χ4n) is 3.01. The second-order valence-corrected chi connectivity index (χ2v) is 6.70. The first-order chi connectivity index (χ1) is 15.0. The van der Waals surface area contributed by atoms with Crippen molar-refractivity contribution < 1.29 is 18.7 Å². The van der Waals surface area contributed by atoms with E-state index in [9.17, 15) is 19.2 Å². The molecule has 0 spiro atoms. The van der Waals surface area contributed by atoms with E-state index >= 15 is 0 Å². The third kappa shape index (κ3) is 5.64. The molecule has 1 amide bonds. The summed E-state index contributed by atoms with van der Waals surface area (Å²) in [5.74, 6) is -1.37. The van der Waals surface area contributed by atoms with Gasteiger partial charge in [-0.3, -0.25) is 4.79 Å². The molecule has 0 aromatic heterocycles. The Morgan fingerprint density at radius 3 is 2.48 bits per heavy atom. The number of halogens is 1. The second kappa shape index (κ2) is 9.99. The smallest absolute Gasteiger partial charge is 0.337 e. The summed E-state index contributed by atoms with van der Waals surface area (Å²) >= 11 is 0. The summed E-state index contributed by atoms with van der Waals surface area (Å²) in [5.41, 5.74) is 3.04. The molecule has 0 aliphatic heterocycles. The minimum absolute atomic E-state index is 0.0799. The molecule has 154 valence electrons. The number of benzene rings is 3. The Morgan fingerprint density at radius 1 is 1.06 bits per heavy atom. The third-order valence-electron chi connectivity index (χ3n) is 4.57. The van der Waals surface area contributed by atoms with Crippen molar-refractivity contribution >= 4 is 23.6 Å². The molecule has 0 atom stereocenters. The Kier molecular flexibility index (Phi) is 6.92. The van der Waals surface area contributed by atoms with E-state index in [1.807, 2.05) is 24.3 Å². The van der Waals surface area contributed by atoms with Crippen molar-refractivity contribution in [3.63, 3.8) is 0 Å². The molecule has 0 unspecified atom stereocenters. The highest BCUT2D eigenvalue weighted by atomic mass is 19.1. The summed E-state index contributed by atoms with van der Waals surface area (Å²) in [5, 5.41) is 12.2. The highest BCUT2D eigenvalue weighted by Gasteiger charge is 2.12. The summed E-state index contributed by atoms with van der Waals surface area (Å²) in [6.45, 7) is 0. The number of rotatable bonds is 6. The summed E-state index contributed by atoms with van der Waals surface area (Å²) < 4.78 is 18.1. The number of carbonyl (C=O) groups excluding carboxylic acids is 2. The van der Waals surface area contributed by atoms with Crippen LogP contribution in [0.15, 0.2) is 78.4 Å². The number of esters is 1. The molecule has 1 N–H and O–H groups in total. The summed E-state index contributed by atoms with van der Waals surface area (Å²) in [7, 11) is 1.29. The van der Waals surface area contributed by atoms with Gasteiger partial charge in [0.05, 0.1) is 12.7 Å². The van der Waals surface area contributed by atoms with E-state index < -0.39 is 11.9 Å². The molecule has 5 nitrogen and oxygen atoms in total. The highest BCUT2D eigenvalue weighted by Crippen LogP contribution is 2.19. The van der Waals surface area contributed by atoms with E-state index in [1.54, 1.807) is 30.3 Å². The van der Waals surface area contributed by atoms with E-state index in [1.165, 1.54) is 37.5 Å². The molecule has 0 bridgehead atoms. The molecule has 0 aliphatic carbocycles. The van der Waals surface area contributed by atoms with Crippen LogP contribution in [0.3, 0.4) is 0 Å². The lowest BCUT2D eigenvalue weighted by Gasteiger charge is -2.08. The second-order valence-electron chi connectivity index (χ2n) is 6.70. The van der Waals surface area contributed by atoms with Gasteiger partial charge in [0.15, 0.2) is 0 Å². The van der Waals surface area contributed by atoms with Crippen LogP contribution in [0, 0.1) is 17.1 Å². The van der Waals surface area contributed by atoms with Crippen LogP contribution in [0.25, 0.3) is 6.08 Å². The van der Waals surface area contributed by atoms with Gasteiger partial charge in [-0.05, 0) is 65.6 Å². The highest BCUT2D eigenvalue weighted by molar-refractivity contribution is 6.09. The topological polar surface area (TPSA) is 79.2 Å². The van der Waals surface area contributed by atoms with Crippen molar-refractivity contribution in [2.45, 2.75) is 6.42 Å². The fourth-order valence-corrected chi connectivity index (χ4v) is 3.01. The molecule has 0 saturated heterocycles. The maximum atomic E-state index is 13.5. The van der Waals surface area contributed by atoms with Gasteiger partial charge in [-0.15, -0.1) is 0 Å². The van der Waals surface area contributed by atoms with Crippen LogP contribution in [-0.2, 0) is 16.0 Å². The van der Waals surface area contributed by atoms with Gasteiger partial charge in [0.25, 0.3) is 5.91 Å². The van der Waals surface area contributed by atoms with Crippen molar-refractivity contribution in [2.75, 3.05) is 12.4 Å². The Hall–Kier alpha value is -4.24. The predicted octanol–water partition coefficient (Wildman–Crippen LogP) is 4.75. The number of nitrogens with zero attached hydrogens (tertiary/aromatic N) is 1. The molecule has 31 heavy (non-hydrogen) atoms. The van der Waals surface area contributed by atoms with Crippen molar-refractivity contribution in [3.8, 4) is 6.07 Å². The first kappa shape index (κ1) is 21.5. The number of hydrogen-bond donors (Lipinski definition) is 1. The molecule has 3 aromatic carbocycles. The number of hydrogen-bond acceptors (Lipinski definition) is 4. The van der Waals surface area contributed by atoms with Crippen LogP contribution < -0.4 is 5.32 Å². The minimum Gasteiger partial charge on any atom is -0.465 e. The third-order valence-corrected chi connectivity index (χ3v) is 4.57. The summed E-state index contributed by atoms with van der Waals surface area (Å²) in [6, 6.07) is 21.7. The van der Waals surface area contributed by atoms with Gasteiger partial charge in [-0.25, -0.2) is 9.18 Å². The van der Waals surface area contributed by atoms with Crippen molar-refractivity contribution in [2.24, 2.45) is 0 Å². The zero-order valence-electron chi connectivity index (χ0n) is 16.8. The first-order valence-electron chi connectivity index (χ1n) is 9.44. The summed E-state index contributed by atoms with van der Waals surface area (Å²) in [6.07, 6.45) is 1.96. The monoisotopic (exact) mass is 414 g/mol. The molecule has 0 fully saturated rings. The number of amides is 1. The normalized spacial score (nSPS) is 10.8. The Labute approximate surface area is 179 Å². The lowest BCUT2D eigenvalue weighted by Crippen LogP contribution is -2.13. The van der Waals surface area contributed by atoms with Crippen molar-refractivity contribution in [3.05, 3.63) is 106 Å². The zero-order chi connectivity index (χ0) is 22.2. The molecule has 0 aliphatic rings. The van der Waals surface area contributed by atoms with Crippen molar-refractivity contribution in [1.29, 1.82) is 5.26 Å². The number of methoxy groups -OCH3 is 1. The van der Waals surface area contributed by atoms with Crippen molar-refractivity contribution in [1.82, 2.24) is 0 Å². The van der Waals surface area contributed by atoms with E-state index in [0.29, 0.717) is 23.2 Å². The van der Waals surface area contributed by atoms with Crippen LogP contribution in [-0.4, -0.2) is 19.0 Å². The molecule has 3 rings (SSSR count). The van der Waals surface area contributed by atoms with Gasteiger partial charge in [-0.1, -0.05) is 36.4 Å². The fraction of sp³-hybridized carbons (Fsp3) is 0.0800. The first-order valence-corrected chi connectivity index (χ1v) is 9.44. The Bertz CT molecular complexity index is 1180. The van der Waals surface area contributed by atoms with Crippen LogP contribution in [0.2, 0.25) is 0 Å². The maximum absolute atomic E-state index is 13.5. The number of nitriles is 1. The Morgan fingerprint density at radius 2 is 1.81 bits per heavy atom. The lowest BCUT2D eigenvalue weighted by atomic mass is 9.98. The number of ether oxygens (including phenoxy) is 1. The van der Waals surface area contributed by atoms with Gasteiger partial charge >= 0.3 is 5.97 Å². The molecular formula is C25H19FN2O3. The molecule has 3 aromatic rings. The Balaban J connectivity index is 1.80. The minimum atomic E-state index is -0.575. The maximum Gasteiger partial charge on any atom is 0.337 e. The zero-order valence-corrected chi connectivity index (χ0v) is 16.8. The van der Waals surface area contributed by atoms with Crippen LogP contribution in [0.4, 0.5) is 10.1 Å². The van der Waals surface area contributed by atoms with E-state index in [2.05, 4.69) is 10.1 Å². The molecule has 0 radical (unpaired) electrons. The largest absolute Gasteiger partial charge is 0.465 e. The van der Waals surface area contributed by atoms with Gasteiger partial charge < -0.3 is 10.1 Å². The average Bonchev–Trinajstić information content (AvgIpc) is 2.78. The van der Waals surface area contributed by atoms with Gasteiger partial charge in [-0.2, -0.15) is 5.26 Å². The molecule has 0 heterocycles. The predicted molar refractivity (Wildman–Crippen MR) is 116 cm³/mol. The quantitative estimate of drug-likeness (QED) is 0.359. The van der Waals surface area contributed by atoms with Crippen LogP contribution in [0.1, 0.15) is 27.0 Å². The van der Waals surface area contributed by atoms with Crippen LogP contribution >= 0.6 is 0 Å². The van der Waals surface area contributed by atoms with E-state index in [-0.39, 0.29) is 11.4 Å². The standard InChI is InChI=1S/C25H19FN2O3/c1-31-25(30)18-9-11-23(12-10-18)28-24(29)21(16-27)15-20-7-3-2-6-19(20)13-17-5-4-8-22(26)14-17/h2-12,14-15H,13H2,1H3,(H,28,29)/b21-15+. The van der Waals surface area contributed by atoms with E-state index in [0.717, 1.165) is 11.1 Å². The average molecular weight is 414 g/mol. The van der Waals surface area contributed by atoms with Gasteiger partial charge in [0.2, 0.25) is 0 Å².